The number of nitrogens with zero attached hydrogens (tertiary/aromatic N) is 1. The summed E-state index contributed by atoms with van der Waals surface area (Å²) >= 11 is 5.76. The molecule has 0 saturated heterocycles. The summed E-state index contributed by atoms with van der Waals surface area (Å²) < 4.78 is 4.85. The number of rotatable bonds is 3. The van der Waals surface area contributed by atoms with E-state index in [0.29, 0.717) is 11.3 Å². The van der Waals surface area contributed by atoms with Crippen molar-refractivity contribution >= 4 is 11.6 Å². The van der Waals surface area contributed by atoms with Crippen LogP contribution in [0.1, 0.15) is 18.1 Å². The topological polar surface area (TPSA) is 46.3 Å². The number of halogens is 1. The number of aryl methyl sites for hydroxylation is 1. The summed E-state index contributed by atoms with van der Waals surface area (Å²) in [5, 5.41) is 13.2. The van der Waals surface area contributed by atoms with Crippen molar-refractivity contribution in [3.63, 3.8) is 0 Å². The van der Waals surface area contributed by atoms with E-state index in [-0.39, 0.29) is 11.8 Å². The molecule has 0 amide bonds. The molecular weight excluding hydrogens is 226 g/mol. The van der Waals surface area contributed by atoms with Gasteiger partial charge in [-0.25, -0.2) is 0 Å². The van der Waals surface area contributed by atoms with E-state index in [1.807, 2.05) is 24.3 Å². The Hall–Kier alpha value is -1.32. The summed E-state index contributed by atoms with van der Waals surface area (Å²) in [4.78, 5) is 0. The maximum Gasteiger partial charge on any atom is 0.232 e. The minimum absolute atomic E-state index is 0.150. The van der Waals surface area contributed by atoms with E-state index in [1.165, 1.54) is 5.56 Å². The molecule has 2 aromatic rings. The molecule has 1 aromatic carbocycles. The summed E-state index contributed by atoms with van der Waals surface area (Å²) in [6, 6.07) is 7.95. The zero-order chi connectivity index (χ0) is 11.5. The molecule has 1 heterocycles. The van der Waals surface area contributed by atoms with Crippen molar-refractivity contribution in [2.45, 2.75) is 20.0 Å². The molecule has 0 unspecified atom stereocenters. The fourth-order valence-corrected chi connectivity index (χ4v) is 1.74. The van der Waals surface area contributed by atoms with Crippen molar-refractivity contribution < 1.29 is 9.63 Å². The molecule has 1 N–H and O–H groups in total. The van der Waals surface area contributed by atoms with Gasteiger partial charge in [0.15, 0.2) is 0 Å². The van der Waals surface area contributed by atoms with Crippen LogP contribution >= 0.6 is 11.6 Å². The standard InChI is InChI=1S/C12H12ClNO2/c1-2-8-3-5-9(6-4-8)11-10(7-15)12(13)16-14-11/h3-6,15H,2,7H2,1H3. The molecule has 0 aliphatic heterocycles. The second-order valence-corrected chi connectivity index (χ2v) is 3.84. The zero-order valence-electron chi connectivity index (χ0n) is 8.90. The van der Waals surface area contributed by atoms with E-state index in [0.717, 1.165) is 12.0 Å². The molecule has 2 rings (SSSR count). The third-order valence-electron chi connectivity index (χ3n) is 2.53. The predicted octanol–water partition coefficient (Wildman–Crippen LogP) is 3.05. The summed E-state index contributed by atoms with van der Waals surface area (Å²) in [6.07, 6.45) is 0.993. The highest BCUT2D eigenvalue weighted by Gasteiger charge is 2.14. The van der Waals surface area contributed by atoms with Crippen LogP contribution in [-0.4, -0.2) is 10.3 Å². The van der Waals surface area contributed by atoms with Gasteiger partial charge in [0.1, 0.15) is 5.69 Å². The lowest BCUT2D eigenvalue weighted by molar-refractivity contribution is 0.281. The Morgan fingerprint density at radius 3 is 2.56 bits per heavy atom. The lowest BCUT2D eigenvalue weighted by Crippen LogP contribution is -1.87. The van der Waals surface area contributed by atoms with Gasteiger partial charge in [0.25, 0.3) is 0 Å². The van der Waals surface area contributed by atoms with Crippen molar-refractivity contribution in [3.8, 4) is 11.3 Å². The maximum absolute atomic E-state index is 9.17. The Kier molecular flexibility index (Phi) is 3.27. The summed E-state index contributed by atoms with van der Waals surface area (Å²) in [6.45, 7) is 1.92. The highest BCUT2D eigenvalue weighted by molar-refractivity contribution is 6.29. The quantitative estimate of drug-likeness (QED) is 0.893. The Morgan fingerprint density at radius 2 is 2.00 bits per heavy atom. The van der Waals surface area contributed by atoms with Gasteiger partial charge in [0.05, 0.1) is 12.2 Å². The molecule has 4 heteroatoms. The van der Waals surface area contributed by atoms with E-state index in [1.54, 1.807) is 0 Å². The van der Waals surface area contributed by atoms with Gasteiger partial charge in [-0.2, -0.15) is 0 Å². The highest BCUT2D eigenvalue weighted by atomic mass is 35.5. The SMILES string of the molecule is CCc1ccc(-c2noc(Cl)c2CO)cc1. The summed E-state index contributed by atoms with van der Waals surface area (Å²) in [5.41, 5.74) is 3.29. The van der Waals surface area contributed by atoms with Crippen LogP contribution in [-0.2, 0) is 13.0 Å². The smallest absolute Gasteiger partial charge is 0.232 e. The number of aromatic nitrogens is 1. The molecule has 0 aliphatic rings. The van der Waals surface area contributed by atoms with Gasteiger partial charge in [-0.1, -0.05) is 36.3 Å². The fourth-order valence-electron chi connectivity index (χ4n) is 1.55. The van der Waals surface area contributed by atoms with Gasteiger partial charge in [-0.05, 0) is 23.6 Å². The number of aliphatic hydroxyl groups excluding tert-OH is 1. The van der Waals surface area contributed by atoms with Crippen molar-refractivity contribution in [1.29, 1.82) is 0 Å². The average Bonchev–Trinajstić information content (AvgIpc) is 2.70. The van der Waals surface area contributed by atoms with Crippen LogP contribution < -0.4 is 0 Å². The normalized spacial score (nSPS) is 10.7. The largest absolute Gasteiger partial charge is 0.391 e. The first-order chi connectivity index (χ1) is 7.76. The minimum atomic E-state index is -0.173. The molecule has 16 heavy (non-hydrogen) atoms. The number of aliphatic hydroxyl groups is 1. The van der Waals surface area contributed by atoms with E-state index >= 15 is 0 Å². The molecule has 3 nitrogen and oxygen atoms in total. The van der Waals surface area contributed by atoms with Crippen LogP contribution in [0.25, 0.3) is 11.3 Å². The molecule has 0 saturated carbocycles. The van der Waals surface area contributed by atoms with Crippen LogP contribution in [0, 0.1) is 0 Å². The highest BCUT2D eigenvalue weighted by Crippen LogP contribution is 2.28. The first kappa shape index (κ1) is 11.2. The molecule has 1 aromatic heterocycles. The second kappa shape index (κ2) is 4.68. The number of benzene rings is 1. The summed E-state index contributed by atoms with van der Waals surface area (Å²) in [7, 11) is 0. The Bertz CT molecular complexity index is 476. The van der Waals surface area contributed by atoms with Crippen molar-refractivity contribution in [2.75, 3.05) is 0 Å². The molecule has 0 spiro atoms. The van der Waals surface area contributed by atoms with E-state index in [2.05, 4.69) is 12.1 Å². The molecule has 0 fully saturated rings. The van der Waals surface area contributed by atoms with Gasteiger partial charge in [0.2, 0.25) is 5.22 Å². The molecule has 0 radical (unpaired) electrons. The first-order valence-corrected chi connectivity index (χ1v) is 5.48. The molecule has 0 bridgehead atoms. The Balaban J connectivity index is 2.42. The average molecular weight is 238 g/mol. The fraction of sp³-hybridized carbons (Fsp3) is 0.250. The van der Waals surface area contributed by atoms with Crippen LogP contribution in [0.15, 0.2) is 28.8 Å². The third-order valence-corrected chi connectivity index (χ3v) is 2.83. The van der Waals surface area contributed by atoms with Gasteiger partial charge >= 0.3 is 0 Å². The van der Waals surface area contributed by atoms with Gasteiger partial charge in [-0.15, -0.1) is 0 Å². The number of hydrogen-bond acceptors (Lipinski definition) is 3. The Labute approximate surface area is 98.6 Å². The Morgan fingerprint density at radius 1 is 1.31 bits per heavy atom. The van der Waals surface area contributed by atoms with Gasteiger partial charge in [0, 0.05) is 5.56 Å². The predicted molar refractivity (Wildman–Crippen MR) is 62.2 cm³/mol. The van der Waals surface area contributed by atoms with Crippen LogP contribution in [0.4, 0.5) is 0 Å². The number of hydrogen-bond donors (Lipinski definition) is 1. The molecule has 84 valence electrons. The minimum Gasteiger partial charge on any atom is -0.391 e. The van der Waals surface area contributed by atoms with E-state index < -0.39 is 0 Å². The molecule has 0 aliphatic carbocycles. The van der Waals surface area contributed by atoms with Gasteiger partial charge < -0.3 is 9.63 Å². The first-order valence-electron chi connectivity index (χ1n) is 5.10. The maximum atomic E-state index is 9.17. The van der Waals surface area contributed by atoms with Crippen LogP contribution in [0.5, 0.6) is 0 Å². The van der Waals surface area contributed by atoms with Crippen LogP contribution in [0.3, 0.4) is 0 Å². The van der Waals surface area contributed by atoms with Gasteiger partial charge in [-0.3, -0.25) is 0 Å². The van der Waals surface area contributed by atoms with Crippen molar-refractivity contribution in [2.24, 2.45) is 0 Å². The monoisotopic (exact) mass is 237 g/mol. The van der Waals surface area contributed by atoms with Crippen molar-refractivity contribution in [3.05, 3.63) is 40.6 Å². The lowest BCUT2D eigenvalue weighted by atomic mass is 10.1. The van der Waals surface area contributed by atoms with E-state index in [4.69, 9.17) is 21.2 Å². The molecule has 0 atom stereocenters. The van der Waals surface area contributed by atoms with Crippen molar-refractivity contribution in [1.82, 2.24) is 5.16 Å². The lowest BCUT2D eigenvalue weighted by Gasteiger charge is -2.00. The third kappa shape index (κ3) is 1.96. The zero-order valence-corrected chi connectivity index (χ0v) is 9.66. The van der Waals surface area contributed by atoms with Crippen LogP contribution in [0.2, 0.25) is 5.22 Å². The van der Waals surface area contributed by atoms with E-state index in [9.17, 15) is 0 Å². The second-order valence-electron chi connectivity index (χ2n) is 3.49. The summed E-state index contributed by atoms with van der Waals surface area (Å²) in [5.74, 6) is 0. The molecular formula is C12H12ClNO2.